The Morgan fingerprint density at radius 2 is 1.50 bits per heavy atom. The van der Waals surface area contributed by atoms with Crippen molar-refractivity contribution in [3.63, 3.8) is 0 Å². The molecule has 2 heterocycles. The average molecular weight is 310 g/mol. The lowest BCUT2D eigenvalue weighted by molar-refractivity contribution is 0.397. The van der Waals surface area contributed by atoms with Crippen LogP contribution >= 0.6 is 22.7 Å². The van der Waals surface area contributed by atoms with Crippen molar-refractivity contribution in [1.29, 1.82) is 0 Å². The smallest absolute Gasteiger partial charge is 0.177 e. The predicted octanol–water partition coefficient (Wildman–Crippen LogP) is 5.36. The summed E-state index contributed by atoms with van der Waals surface area (Å²) in [6.07, 6.45) is 1.00. The van der Waals surface area contributed by atoms with Gasteiger partial charge >= 0.3 is 0 Å². The standard InChI is InChI=1S/C16H22O2S2/c1-7-10-8(2)9(3)13(19-10)14-11(17)12(18)15(20-14)16(4,5)6/h17-18H,7H2,1-6H3. The SMILES string of the molecule is CCc1sc(-c2sc(C(C)(C)C)c(O)c2O)c(C)c1C. The van der Waals surface area contributed by atoms with E-state index in [4.69, 9.17) is 0 Å². The molecule has 0 aliphatic heterocycles. The number of thiophene rings is 2. The molecule has 2 aromatic heterocycles. The zero-order valence-electron chi connectivity index (χ0n) is 12.9. The maximum absolute atomic E-state index is 10.3. The van der Waals surface area contributed by atoms with Gasteiger partial charge in [0.05, 0.1) is 14.6 Å². The molecule has 0 atom stereocenters. The zero-order chi connectivity index (χ0) is 15.2. The van der Waals surface area contributed by atoms with Gasteiger partial charge in [0.2, 0.25) is 0 Å². The van der Waals surface area contributed by atoms with Gasteiger partial charge in [-0.05, 0) is 31.4 Å². The lowest BCUT2D eigenvalue weighted by Gasteiger charge is -2.15. The first-order valence-corrected chi connectivity index (χ1v) is 8.46. The van der Waals surface area contributed by atoms with Crippen LogP contribution in [0.15, 0.2) is 0 Å². The van der Waals surface area contributed by atoms with Crippen molar-refractivity contribution in [2.45, 2.75) is 53.4 Å². The van der Waals surface area contributed by atoms with Gasteiger partial charge in [-0.2, -0.15) is 0 Å². The molecule has 2 rings (SSSR count). The third kappa shape index (κ3) is 2.35. The minimum Gasteiger partial charge on any atom is -0.503 e. The minimum absolute atomic E-state index is 0.0342. The van der Waals surface area contributed by atoms with E-state index >= 15 is 0 Å². The lowest BCUT2D eigenvalue weighted by Crippen LogP contribution is -2.08. The monoisotopic (exact) mass is 310 g/mol. The molecule has 0 spiro atoms. The Hall–Kier alpha value is -1.00. The molecule has 20 heavy (non-hydrogen) atoms. The van der Waals surface area contributed by atoms with Gasteiger partial charge in [-0.25, -0.2) is 0 Å². The van der Waals surface area contributed by atoms with Crippen LogP contribution in [0.2, 0.25) is 0 Å². The van der Waals surface area contributed by atoms with Crippen molar-refractivity contribution in [3.8, 4) is 21.3 Å². The largest absolute Gasteiger partial charge is 0.503 e. The molecular formula is C16H22O2S2. The first kappa shape index (κ1) is 15.4. The first-order valence-electron chi connectivity index (χ1n) is 6.82. The Bertz CT molecular complexity index is 642. The quantitative estimate of drug-likeness (QED) is 0.783. The van der Waals surface area contributed by atoms with Crippen LogP contribution in [0.1, 0.15) is 48.6 Å². The highest BCUT2D eigenvalue weighted by Crippen LogP contribution is 2.53. The summed E-state index contributed by atoms with van der Waals surface area (Å²) in [5, 5.41) is 20.5. The van der Waals surface area contributed by atoms with Crippen LogP contribution in [0.4, 0.5) is 0 Å². The summed E-state index contributed by atoms with van der Waals surface area (Å²) in [6, 6.07) is 0. The molecule has 0 fully saturated rings. The van der Waals surface area contributed by atoms with Gasteiger partial charge in [-0.3, -0.25) is 0 Å². The van der Waals surface area contributed by atoms with Crippen LogP contribution in [-0.2, 0) is 11.8 Å². The van der Waals surface area contributed by atoms with Crippen molar-refractivity contribution in [1.82, 2.24) is 0 Å². The summed E-state index contributed by atoms with van der Waals surface area (Å²) in [5.74, 6) is 0.0768. The fourth-order valence-corrected chi connectivity index (χ4v) is 4.87. The number of aryl methyl sites for hydroxylation is 1. The molecule has 0 aliphatic carbocycles. The summed E-state index contributed by atoms with van der Waals surface area (Å²) in [6.45, 7) is 12.5. The van der Waals surface area contributed by atoms with E-state index in [0.717, 1.165) is 21.1 Å². The highest BCUT2D eigenvalue weighted by molar-refractivity contribution is 7.23. The van der Waals surface area contributed by atoms with Gasteiger partial charge in [0.1, 0.15) is 0 Å². The fraction of sp³-hybridized carbons (Fsp3) is 0.500. The summed E-state index contributed by atoms with van der Waals surface area (Å²) in [4.78, 5) is 4.08. The number of aromatic hydroxyl groups is 2. The summed E-state index contributed by atoms with van der Waals surface area (Å²) < 4.78 is 0. The summed E-state index contributed by atoms with van der Waals surface area (Å²) in [5.41, 5.74) is 2.35. The summed E-state index contributed by atoms with van der Waals surface area (Å²) in [7, 11) is 0. The van der Waals surface area contributed by atoms with Gasteiger partial charge in [-0.1, -0.05) is 27.7 Å². The molecule has 0 aromatic carbocycles. The van der Waals surface area contributed by atoms with Gasteiger partial charge in [0.15, 0.2) is 11.5 Å². The Balaban J connectivity index is 2.66. The van der Waals surface area contributed by atoms with E-state index in [0.29, 0.717) is 0 Å². The number of rotatable bonds is 2. The molecule has 0 saturated carbocycles. The molecule has 0 amide bonds. The van der Waals surface area contributed by atoms with Crippen LogP contribution in [-0.4, -0.2) is 10.2 Å². The van der Waals surface area contributed by atoms with Gasteiger partial charge < -0.3 is 10.2 Å². The highest BCUT2D eigenvalue weighted by Gasteiger charge is 2.28. The van der Waals surface area contributed by atoms with E-state index in [1.807, 2.05) is 20.8 Å². The van der Waals surface area contributed by atoms with Gasteiger partial charge in [0.25, 0.3) is 0 Å². The zero-order valence-corrected chi connectivity index (χ0v) is 14.6. The third-order valence-corrected chi connectivity index (χ3v) is 6.91. The molecule has 0 radical (unpaired) electrons. The lowest BCUT2D eigenvalue weighted by atomic mass is 9.94. The summed E-state index contributed by atoms with van der Waals surface area (Å²) >= 11 is 3.23. The molecule has 4 heteroatoms. The molecule has 2 nitrogen and oxygen atoms in total. The van der Waals surface area contributed by atoms with Crippen LogP contribution in [0.25, 0.3) is 9.75 Å². The Morgan fingerprint density at radius 3 is 1.90 bits per heavy atom. The van der Waals surface area contributed by atoms with E-state index in [1.165, 1.54) is 27.3 Å². The number of hydrogen-bond donors (Lipinski definition) is 2. The van der Waals surface area contributed by atoms with Crippen LogP contribution in [0.3, 0.4) is 0 Å². The molecule has 0 unspecified atom stereocenters. The van der Waals surface area contributed by atoms with Crippen molar-refractivity contribution in [3.05, 3.63) is 20.9 Å². The van der Waals surface area contributed by atoms with Crippen LogP contribution in [0.5, 0.6) is 11.5 Å². The van der Waals surface area contributed by atoms with Gasteiger partial charge in [-0.15, -0.1) is 22.7 Å². The van der Waals surface area contributed by atoms with Gasteiger partial charge in [0, 0.05) is 10.3 Å². The van der Waals surface area contributed by atoms with Crippen LogP contribution < -0.4 is 0 Å². The van der Waals surface area contributed by atoms with Crippen molar-refractivity contribution < 1.29 is 10.2 Å². The van der Waals surface area contributed by atoms with E-state index in [1.54, 1.807) is 11.3 Å². The third-order valence-electron chi connectivity index (χ3n) is 3.61. The Kier molecular flexibility index (Phi) is 3.91. The van der Waals surface area contributed by atoms with Crippen molar-refractivity contribution >= 4 is 22.7 Å². The average Bonchev–Trinajstić information content (AvgIpc) is 2.80. The van der Waals surface area contributed by atoms with Crippen LogP contribution in [0, 0.1) is 13.8 Å². The van der Waals surface area contributed by atoms with E-state index in [9.17, 15) is 10.2 Å². The van der Waals surface area contributed by atoms with E-state index < -0.39 is 0 Å². The predicted molar refractivity (Wildman–Crippen MR) is 88.5 cm³/mol. The second kappa shape index (κ2) is 5.08. The molecule has 0 aliphatic rings. The maximum atomic E-state index is 10.3. The fourth-order valence-electron chi connectivity index (χ4n) is 2.29. The first-order chi connectivity index (χ1) is 9.18. The minimum atomic E-state index is -0.168. The van der Waals surface area contributed by atoms with E-state index in [2.05, 4.69) is 20.8 Å². The molecule has 110 valence electrons. The molecule has 0 bridgehead atoms. The van der Waals surface area contributed by atoms with E-state index in [-0.39, 0.29) is 16.9 Å². The topological polar surface area (TPSA) is 40.5 Å². The molecule has 2 N–H and O–H groups in total. The molecule has 0 saturated heterocycles. The highest BCUT2D eigenvalue weighted by atomic mass is 32.1. The second-order valence-corrected chi connectivity index (χ2v) is 8.29. The number of hydrogen-bond acceptors (Lipinski definition) is 4. The van der Waals surface area contributed by atoms with Crippen molar-refractivity contribution in [2.75, 3.05) is 0 Å². The Labute approximate surface area is 128 Å². The second-order valence-electron chi connectivity index (χ2n) is 6.17. The van der Waals surface area contributed by atoms with Crippen molar-refractivity contribution in [2.24, 2.45) is 0 Å². The Morgan fingerprint density at radius 1 is 0.900 bits per heavy atom. The molecular weight excluding hydrogens is 288 g/mol. The normalized spacial score (nSPS) is 12.1. The maximum Gasteiger partial charge on any atom is 0.177 e. The molecule has 2 aromatic rings.